The van der Waals surface area contributed by atoms with Crippen LogP contribution >= 0.6 is 0 Å². The monoisotopic (exact) mass is 375 g/mol. The summed E-state index contributed by atoms with van der Waals surface area (Å²) >= 11 is 0. The second kappa shape index (κ2) is 7.29. The van der Waals surface area contributed by atoms with Crippen LogP contribution in [0.25, 0.3) is 0 Å². The van der Waals surface area contributed by atoms with Crippen LogP contribution < -0.4 is 4.72 Å². The molecular formula is C20H22FNO3S. The van der Waals surface area contributed by atoms with Gasteiger partial charge in [0, 0.05) is 6.42 Å². The van der Waals surface area contributed by atoms with Crippen LogP contribution in [0.15, 0.2) is 48.5 Å². The summed E-state index contributed by atoms with van der Waals surface area (Å²) in [5.74, 6) is -0.266. The fourth-order valence-corrected chi connectivity index (χ4v) is 4.39. The minimum absolute atomic E-state index is 0.129. The summed E-state index contributed by atoms with van der Waals surface area (Å²) in [6, 6.07) is 12.5. The van der Waals surface area contributed by atoms with Gasteiger partial charge in [0.05, 0.1) is 6.26 Å². The first-order valence-corrected chi connectivity index (χ1v) is 10.5. The van der Waals surface area contributed by atoms with Crippen LogP contribution in [-0.4, -0.2) is 20.5 Å². The molecule has 0 saturated carbocycles. The van der Waals surface area contributed by atoms with Gasteiger partial charge < -0.3 is 0 Å². The first-order valence-electron chi connectivity index (χ1n) is 8.58. The number of sulfonamides is 1. The molecule has 0 aromatic heterocycles. The second-order valence-corrected chi connectivity index (χ2v) is 8.78. The number of rotatable bonds is 6. The Hall–Kier alpha value is -2.05. The highest BCUT2D eigenvalue weighted by atomic mass is 32.2. The van der Waals surface area contributed by atoms with E-state index in [1.807, 2.05) is 12.1 Å². The van der Waals surface area contributed by atoms with Gasteiger partial charge in [-0.25, -0.2) is 17.5 Å². The van der Waals surface area contributed by atoms with E-state index in [-0.39, 0.29) is 24.0 Å². The topological polar surface area (TPSA) is 63.2 Å². The van der Waals surface area contributed by atoms with E-state index in [0.717, 1.165) is 12.7 Å². The Morgan fingerprint density at radius 1 is 1.19 bits per heavy atom. The third-order valence-electron chi connectivity index (χ3n) is 5.06. The minimum atomic E-state index is -3.59. The summed E-state index contributed by atoms with van der Waals surface area (Å²) in [5.41, 5.74) is 2.94. The lowest BCUT2D eigenvalue weighted by Crippen LogP contribution is -2.34. The van der Waals surface area contributed by atoms with Crippen molar-refractivity contribution in [3.63, 3.8) is 0 Å². The van der Waals surface area contributed by atoms with Crippen molar-refractivity contribution in [2.45, 2.75) is 31.7 Å². The third-order valence-corrected chi connectivity index (χ3v) is 5.72. The Kier molecular flexibility index (Phi) is 5.25. The average Bonchev–Trinajstić information content (AvgIpc) is 2.89. The molecule has 1 N–H and O–H groups in total. The van der Waals surface area contributed by atoms with Crippen molar-refractivity contribution in [2.75, 3.05) is 6.26 Å². The smallest absolute Gasteiger partial charge is 0.209 e. The molecule has 3 rings (SSSR count). The number of carbonyl (C=O) groups excluding carboxylic acids is 1. The molecule has 0 heterocycles. The van der Waals surface area contributed by atoms with Crippen LogP contribution in [0.5, 0.6) is 0 Å². The Morgan fingerprint density at radius 2 is 1.85 bits per heavy atom. The standard InChI is InChI=1S/C20H22FNO3S/c1-13-16(11-15-5-3-4-6-18(13)15)12-19(23)20(22-26(2,24)25)14-7-9-17(21)10-8-14/h3-10,13,16,20,22H,11-12H2,1-2H3/t13?,16?,20-/m0/s1. The Morgan fingerprint density at radius 3 is 2.46 bits per heavy atom. The van der Waals surface area contributed by atoms with Gasteiger partial charge in [-0.3, -0.25) is 4.79 Å². The maximum absolute atomic E-state index is 13.2. The van der Waals surface area contributed by atoms with E-state index in [9.17, 15) is 17.6 Å². The molecular weight excluding hydrogens is 353 g/mol. The second-order valence-electron chi connectivity index (χ2n) is 7.00. The Bertz CT molecular complexity index is 909. The van der Waals surface area contributed by atoms with Gasteiger partial charge in [0.15, 0.2) is 5.78 Å². The number of benzene rings is 2. The molecule has 0 amide bonds. The van der Waals surface area contributed by atoms with Crippen molar-refractivity contribution in [1.82, 2.24) is 4.72 Å². The number of ketones is 1. The molecule has 2 aromatic rings. The molecule has 1 aliphatic rings. The van der Waals surface area contributed by atoms with Crippen molar-refractivity contribution < 1.29 is 17.6 Å². The maximum Gasteiger partial charge on any atom is 0.209 e. The normalized spacial score (nSPS) is 20.6. The van der Waals surface area contributed by atoms with Crippen LogP contribution in [0.3, 0.4) is 0 Å². The highest BCUT2D eigenvalue weighted by molar-refractivity contribution is 7.88. The fraction of sp³-hybridized carbons (Fsp3) is 0.350. The number of carbonyl (C=O) groups is 1. The molecule has 0 fully saturated rings. The predicted octanol–water partition coefficient (Wildman–Crippen LogP) is 3.35. The van der Waals surface area contributed by atoms with Crippen molar-refractivity contribution in [2.24, 2.45) is 5.92 Å². The van der Waals surface area contributed by atoms with Crippen LogP contribution in [-0.2, 0) is 21.2 Å². The van der Waals surface area contributed by atoms with Gasteiger partial charge in [0.2, 0.25) is 10.0 Å². The molecule has 6 heteroatoms. The number of halogens is 1. The summed E-state index contributed by atoms with van der Waals surface area (Å²) in [4.78, 5) is 12.9. The van der Waals surface area contributed by atoms with Gasteiger partial charge in [-0.15, -0.1) is 0 Å². The molecule has 0 aliphatic heterocycles. The summed E-state index contributed by atoms with van der Waals surface area (Å²) in [7, 11) is -3.59. The fourth-order valence-electron chi connectivity index (χ4n) is 3.69. The number of Topliss-reactive ketones (excluding diaryl/α,β-unsaturated/α-hetero) is 1. The lowest BCUT2D eigenvalue weighted by Gasteiger charge is -2.21. The van der Waals surface area contributed by atoms with Gasteiger partial charge in [-0.2, -0.15) is 0 Å². The Balaban J connectivity index is 1.81. The van der Waals surface area contributed by atoms with E-state index in [1.54, 1.807) is 0 Å². The lowest BCUT2D eigenvalue weighted by molar-refractivity contribution is -0.121. The molecule has 26 heavy (non-hydrogen) atoms. The van der Waals surface area contributed by atoms with E-state index >= 15 is 0 Å². The first-order chi connectivity index (χ1) is 12.2. The van der Waals surface area contributed by atoms with Gasteiger partial charge in [-0.1, -0.05) is 43.3 Å². The molecule has 2 unspecified atom stereocenters. The zero-order chi connectivity index (χ0) is 18.9. The van der Waals surface area contributed by atoms with Crippen molar-refractivity contribution >= 4 is 15.8 Å². The van der Waals surface area contributed by atoms with Gasteiger partial charge in [0.1, 0.15) is 11.9 Å². The van der Waals surface area contributed by atoms with Gasteiger partial charge in [0.25, 0.3) is 0 Å². The Labute approximate surface area is 153 Å². The molecule has 0 spiro atoms. The first kappa shape index (κ1) is 18.7. The summed E-state index contributed by atoms with van der Waals surface area (Å²) in [6.45, 7) is 2.10. The van der Waals surface area contributed by atoms with Crippen LogP contribution in [0.2, 0.25) is 0 Å². The molecule has 4 nitrogen and oxygen atoms in total. The number of hydrogen-bond acceptors (Lipinski definition) is 3. The highest BCUT2D eigenvalue weighted by Gasteiger charge is 2.33. The van der Waals surface area contributed by atoms with Gasteiger partial charge in [-0.05, 0) is 47.1 Å². The van der Waals surface area contributed by atoms with E-state index < -0.39 is 21.9 Å². The molecule has 1 aliphatic carbocycles. The zero-order valence-corrected chi connectivity index (χ0v) is 15.6. The minimum Gasteiger partial charge on any atom is -0.298 e. The molecule has 3 atom stereocenters. The SMILES string of the molecule is CC1c2ccccc2CC1CC(=O)[C@@H](NS(C)(=O)=O)c1ccc(F)cc1. The predicted molar refractivity (Wildman–Crippen MR) is 98.8 cm³/mol. The summed E-state index contributed by atoms with van der Waals surface area (Å²) in [5, 5.41) is 0. The van der Waals surface area contributed by atoms with Crippen LogP contribution in [0.1, 0.15) is 42.0 Å². The lowest BCUT2D eigenvalue weighted by atomic mass is 9.87. The van der Waals surface area contributed by atoms with Crippen molar-refractivity contribution in [3.8, 4) is 0 Å². The maximum atomic E-state index is 13.2. The van der Waals surface area contributed by atoms with E-state index in [4.69, 9.17) is 0 Å². The van der Waals surface area contributed by atoms with Crippen molar-refractivity contribution in [3.05, 3.63) is 71.0 Å². The highest BCUT2D eigenvalue weighted by Crippen LogP contribution is 2.40. The van der Waals surface area contributed by atoms with E-state index in [0.29, 0.717) is 5.56 Å². The third kappa shape index (κ3) is 4.19. The van der Waals surface area contributed by atoms with E-state index in [2.05, 4.69) is 23.8 Å². The van der Waals surface area contributed by atoms with Gasteiger partial charge >= 0.3 is 0 Å². The molecule has 2 aromatic carbocycles. The van der Waals surface area contributed by atoms with Crippen LogP contribution in [0, 0.1) is 11.7 Å². The number of nitrogens with one attached hydrogen (secondary N) is 1. The van der Waals surface area contributed by atoms with Crippen LogP contribution in [0.4, 0.5) is 4.39 Å². The summed E-state index contributed by atoms with van der Waals surface area (Å²) < 4.78 is 39.1. The quantitative estimate of drug-likeness (QED) is 0.842. The van der Waals surface area contributed by atoms with E-state index in [1.165, 1.54) is 35.4 Å². The molecule has 138 valence electrons. The summed E-state index contributed by atoms with van der Waals surface area (Å²) in [6.07, 6.45) is 2.09. The average molecular weight is 375 g/mol. The zero-order valence-electron chi connectivity index (χ0n) is 14.8. The molecule has 0 radical (unpaired) electrons. The van der Waals surface area contributed by atoms with Crippen molar-refractivity contribution in [1.29, 1.82) is 0 Å². The number of fused-ring (bicyclic) bond motifs is 1. The molecule has 0 bridgehead atoms. The largest absolute Gasteiger partial charge is 0.298 e. The number of hydrogen-bond donors (Lipinski definition) is 1. The molecule has 0 saturated heterocycles.